The summed E-state index contributed by atoms with van der Waals surface area (Å²) in [6.45, 7) is 5.65. The van der Waals surface area contributed by atoms with Crippen molar-refractivity contribution in [3.63, 3.8) is 0 Å². The Bertz CT molecular complexity index is 311. The highest BCUT2D eigenvalue weighted by Gasteiger charge is 2.35. The Balaban J connectivity index is 2.51. The van der Waals surface area contributed by atoms with Crippen molar-refractivity contribution >= 4 is 21.4 Å². The lowest BCUT2D eigenvalue weighted by molar-refractivity contribution is 0.324. The molecule has 1 rings (SSSR count). The van der Waals surface area contributed by atoms with Crippen LogP contribution in [0.3, 0.4) is 0 Å². The zero-order valence-corrected chi connectivity index (χ0v) is 11.4. The van der Waals surface area contributed by atoms with E-state index in [0.717, 1.165) is 25.7 Å². The highest BCUT2D eigenvalue weighted by atomic mass is 35.5. The molecule has 0 aliphatic heterocycles. The largest absolute Gasteiger partial charge is 0.229 e. The van der Waals surface area contributed by atoms with Crippen molar-refractivity contribution < 1.29 is 8.42 Å². The number of hydrogen-bond acceptors (Lipinski definition) is 2. The summed E-state index contributed by atoms with van der Waals surface area (Å²) >= 11 is 6.06. The third-order valence-corrected chi connectivity index (χ3v) is 6.07. The molecule has 0 aromatic carbocycles. The van der Waals surface area contributed by atoms with Crippen LogP contribution in [-0.4, -0.2) is 24.8 Å². The quantitative estimate of drug-likeness (QED) is 0.721. The molecule has 0 bridgehead atoms. The Labute approximate surface area is 98.3 Å². The van der Waals surface area contributed by atoms with Gasteiger partial charge in [0.1, 0.15) is 0 Å². The van der Waals surface area contributed by atoms with Gasteiger partial charge in [0.25, 0.3) is 0 Å². The Morgan fingerprint density at radius 3 is 2.47 bits per heavy atom. The standard InChI is InChI=1S/C11H21ClO2S/c1-9(2)15(13,14)7-6-11(3)5-4-10(12)8-11/h9-10H,4-8H2,1-3H3. The van der Waals surface area contributed by atoms with Crippen molar-refractivity contribution in [1.29, 1.82) is 0 Å². The molecule has 0 aromatic heterocycles. The maximum atomic E-state index is 11.7. The summed E-state index contributed by atoms with van der Waals surface area (Å²) < 4.78 is 23.4. The van der Waals surface area contributed by atoms with Gasteiger partial charge in [-0.1, -0.05) is 6.92 Å². The normalized spacial score (nSPS) is 32.5. The predicted octanol–water partition coefficient (Wildman–Crippen LogP) is 3.00. The summed E-state index contributed by atoms with van der Waals surface area (Å²) in [4.78, 5) is 0. The first-order valence-electron chi connectivity index (χ1n) is 5.61. The molecule has 2 atom stereocenters. The van der Waals surface area contributed by atoms with Gasteiger partial charge in [0, 0.05) is 5.38 Å². The molecule has 1 fully saturated rings. The summed E-state index contributed by atoms with van der Waals surface area (Å²) in [6.07, 6.45) is 3.81. The van der Waals surface area contributed by atoms with Crippen LogP contribution in [0.4, 0.5) is 0 Å². The zero-order valence-electron chi connectivity index (χ0n) is 9.79. The molecule has 0 amide bonds. The number of hydrogen-bond donors (Lipinski definition) is 0. The molecular weight excluding hydrogens is 232 g/mol. The van der Waals surface area contributed by atoms with Gasteiger partial charge < -0.3 is 0 Å². The summed E-state index contributed by atoms with van der Waals surface area (Å²) in [5, 5.41) is -0.00828. The van der Waals surface area contributed by atoms with Gasteiger partial charge >= 0.3 is 0 Å². The van der Waals surface area contributed by atoms with Gasteiger partial charge in [-0.15, -0.1) is 11.6 Å². The van der Waals surface area contributed by atoms with E-state index in [0.29, 0.717) is 5.75 Å². The third-order valence-electron chi connectivity index (χ3n) is 3.48. The topological polar surface area (TPSA) is 34.1 Å². The fraction of sp³-hybridized carbons (Fsp3) is 1.00. The fourth-order valence-corrected chi connectivity index (χ4v) is 3.83. The van der Waals surface area contributed by atoms with E-state index in [2.05, 4.69) is 6.92 Å². The lowest BCUT2D eigenvalue weighted by atomic mass is 9.86. The van der Waals surface area contributed by atoms with Crippen molar-refractivity contribution in [1.82, 2.24) is 0 Å². The second kappa shape index (κ2) is 4.62. The molecule has 0 saturated heterocycles. The highest BCUT2D eigenvalue weighted by molar-refractivity contribution is 7.91. The van der Waals surface area contributed by atoms with E-state index in [-0.39, 0.29) is 16.0 Å². The van der Waals surface area contributed by atoms with Crippen LogP contribution in [0.25, 0.3) is 0 Å². The average Bonchev–Trinajstić information content (AvgIpc) is 2.44. The second-order valence-corrected chi connectivity index (χ2v) is 8.61. The Kier molecular flexibility index (Phi) is 4.10. The zero-order chi connectivity index (χ0) is 11.7. The number of rotatable bonds is 4. The minimum atomic E-state index is -2.88. The molecule has 0 spiro atoms. The van der Waals surface area contributed by atoms with Crippen molar-refractivity contribution in [2.75, 3.05) is 5.75 Å². The third kappa shape index (κ3) is 3.63. The van der Waals surface area contributed by atoms with Crippen molar-refractivity contribution in [2.45, 2.75) is 57.1 Å². The lowest BCUT2D eigenvalue weighted by Gasteiger charge is -2.23. The molecule has 2 nitrogen and oxygen atoms in total. The van der Waals surface area contributed by atoms with Crippen LogP contribution < -0.4 is 0 Å². The summed E-state index contributed by atoms with van der Waals surface area (Å²) in [5.74, 6) is 0.310. The summed E-state index contributed by atoms with van der Waals surface area (Å²) in [5.41, 5.74) is 0.147. The first-order chi connectivity index (χ1) is 6.75. The first kappa shape index (κ1) is 13.3. The van der Waals surface area contributed by atoms with Gasteiger partial charge in [-0.3, -0.25) is 0 Å². The van der Waals surface area contributed by atoms with Gasteiger partial charge in [0.05, 0.1) is 11.0 Å². The van der Waals surface area contributed by atoms with Crippen LogP contribution >= 0.6 is 11.6 Å². The molecule has 0 N–H and O–H groups in total. The highest BCUT2D eigenvalue weighted by Crippen LogP contribution is 2.43. The molecular formula is C11H21ClO2S. The van der Waals surface area contributed by atoms with Crippen LogP contribution in [0.5, 0.6) is 0 Å². The molecule has 1 saturated carbocycles. The smallest absolute Gasteiger partial charge is 0.152 e. The Hall–Kier alpha value is 0.240. The average molecular weight is 253 g/mol. The molecule has 0 radical (unpaired) electrons. The first-order valence-corrected chi connectivity index (χ1v) is 7.76. The maximum absolute atomic E-state index is 11.7. The number of sulfone groups is 1. The van der Waals surface area contributed by atoms with E-state index >= 15 is 0 Å². The molecule has 0 heterocycles. The second-order valence-electron chi connectivity index (χ2n) is 5.32. The van der Waals surface area contributed by atoms with Crippen LogP contribution in [-0.2, 0) is 9.84 Å². The van der Waals surface area contributed by atoms with E-state index in [1.807, 2.05) is 0 Å². The van der Waals surface area contributed by atoms with Gasteiger partial charge in [-0.25, -0.2) is 8.42 Å². The van der Waals surface area contributed by atoms with E-state index in [1.165, 1.54) is 0 Å². The van der Waals surface area contributed by atoms with Crippen LogP contribution in [0.15, 0.2) is 0 Å². The molecule has 0 aromatic rings. The monoisotopic (exact) mass is 252 g/mol. The van der Waals surface area contributed by atoms with E-state index < -0.39 is 9.84 Å². The molecule has 1 aliphatic carbocycles. The summed E-state index contributed by atoms with van der Waals surface area (Å²) in [7, 11) is -2.88. The predicted molar refractivity (Wildman–Crippen MR) is 65.1 cm³/mol. The lowest BCUT2D eigenvalue weighted by Crippen LogP contribution is -2.23. The minimum Gasteiger partial charge on any atom is -0.229 e. The minimum absolute atomic E-state index is 0.147. The Morgan fingerprint density at radius 1 is 1.47 bits per heavy atom. The Morgan fingerprint density at radius 2 is 2.07 bits per heavy atom. The summed E-state index contributed by atoms with van der Waals surface area (Å²) in [6, 6.07) is 0. The number of alkyl halides is 1. The molecule has 2 unspecified atom stereocenters. The van der Waals surface area contributed by atoms with E-state index in [4.69, 9.17) is 11.6 Å². The van der Waals surface area contributed by atoms with Gasteiger partial charge in [-0.05, 0) is 44.9 Å². The van der Waals surface area contributed by atoms with Crippen molar-refractivity contribution in [2.24, 2.45) is 5.41 Å². The van der Waals surface area contributed by atoms with Crippen LogP contribution in [0.2, 0.25) is 0 Å². The molecule has 15 heavy (non-hydrogen) atoms. The van der Waals surface area contributed by atoms with Crippen molar-refractivity contribution in [3.8, 4) is 0 Å². The van der Waals surface area contributed by atoms with E-state index in [1.54, 1.807) is 13.8 Å². The fourth-order valence-electron chi connectivity index (χ4n) is 2.10. The number of halogens is 1. The molecule has 4 heteroatoms. The van der Waals surface area contributed by atoms with E-state index in [9.17, 15) is 8.42 Å². The molecule has 1 aliphatic rings. The maximum Gasteiger partial charge on any atom is 0.152 e. The van der Waals surface area contributed by atoms with Gasteiger partial charge in [0.2, 0.25) is 0 Å². The van der Waals surface area contributed by atoms with Crippen molar-refractivity contribution in [3.05, 3.63) is 0 Å². The van der Waals surface area contributed by atoms with Gasteiger partial charge in [0.15, 0.2) is 9.84 Å². The van der Waals surface area contributed by atoms with Crippen LogP contribution in [0, 0.1) is 5.41 Å². The SMILES string of the molecule is CC(C)S(=O)(=O)CCC1(C)CCC(Cl)C1. The van der Waals surface area contributed by atoms with Crippen LogP contribution in [0.1, 0.15) is 46.5 Å². The molecule has 90 valence electrons. The van der Waals surface area contributed by atoms with Gasteiger partial charge in [-0.2, -0.15) is 0 Å².